The molecule has 3 aromatic carbocycles. The van der Waals surface area contributed by atoms with Gasteiger partial charge < -0.3 is 29.3 Å². The Kier molecular flexibility index (Phi) is 6.26. The molecule has 0 bridgehead atoms. The minimum atomic E-state index is -0.483. The second-order valence-corrected chi connectivity index (χ2v) is 8.01. The van der Waals surface area contributed by atoms with E-state index in [4.69, 9.17) is 18.6 Å². The van der Waals surface area contributed by atoms with Gasteiger partial charge in [0.05, 0.1) is 7.11 Å². The van der Waals surface area contributed by atoms with Crippen LogP contribution in [-0.4, -0.2) is 32.1 Å². The Morgan fingerprint density at radius 2 is 1.69 bits per heavy atom. The molecule has 178 valence electrons. The summed E-state index contributed by atoms with van der Waals surface area (Å²) in [7, 11) is 1.61. The first-order chi connectivity index (χ1) is 17.1. The Balaban J connectivity index is 1.33. The van der Waals surface area contributed by atoms with Crippen LogP contribution in [-0.2, 0) is 11.2 Å². The first-order valence-corrected chi connectivity index (χ1v) is 11.3. The lowest BCUT2D eigenvalue weighted by Gasteiger charge is -2.18. The Labute approximate surface area is 201 Å². The van der Waals surface area contributed by atoms with E-state index in [2.05, 4.69) is 10.6 Å². The topological polar surface area (TPSA) is 99.0 Å². The molecule has 0 aliphatic carbocycles. The molecular formula is C27H24N2O6. The molecule has 0 spiro atoms. The maximum atomic E-state index is 13.2. The third-order valence-corrected chi connectivity index (χ3v) is 5.67. The van der Waals surface area contributed by atoms with Gasteiger partial charge in [0.15, 0.2) is 11.5 Å². The zero-order valence-electron chi connectivity index (χ0n) is 19.1. The van der Waals surface area contributed by atoms with Crippen molar-refractivity contribution in [1.29, 1.82) is 0 Å². The van der Waals surface area contributed by atoms with Crippen molar-refractivity contribution >= 4 is 34.2 Å². The van der Waals surface area contributed by atoms with Gasteiger partial charge in [0, 0.05) is 23.6 Å². The zero-order chi connectivity index (χ0) is 24.2. The SMILES string of the molecule is COc1ccc(CCC(=O)Nc2c(C(=O)Nc3ccc4c(c3)OCCO4)oc3ccccc23)cc1. The lowest BCUT2D eigenvalue weighted by molar-refractivity contribution is -0.116. The van der Waals surface area contributed by atoms with Crippen LogP contribution in [0.3, 0.4) is 0 Å². The number of carbonyl (C=O) groups is 2. The molecular weight excluding hydrogens is 448 g/mol. The highest BCUT2D eigenvalue weighted by atomic mass is 16.6. The molecule has 8 nitrogen and oxygen atoms in total. The highest BCUT2D eigenvalue weighted by molar-refractivity contribution is 6.14. The van der Waals surface area contributed by atoms with Gasteiger partial charge in [-0.25, -0.2) is 0 Å². The zero-order valence-corrected chi connectivity index (χ0v) is 19.1. The summed E-state index contributed by atoms with van der Waals surface area (Å²) in [4.78, 5) is 26.0. The van der Waals surface area contributed by atoms with Crippen molar-refractivity contribution in [3.63, 3.8) is 0 Å². The number of hydrogen-bond donors (Lipinski definition) is 2. The molecule has 4 aromatic rings. The first kappa shape index (κ1) is 22.3. The van der Waals surface area contributed by atoms with E-state index < -0.39 is 5.91 Å². The average Bonchev–Trinajstić information content (AvgIpc) is 3.26. The molecule has 0 atom stereocenters. The van der Waals surface area contributed by atoms with Gasteiger partial charge in [-0.1, -0.05) is 24.3 Å². The van der Waals surface area contributed by atoms with E-state index in [-0.39, 0.29) is 18.1 Å². The Morgan fingerprint density at radius 3 is 2.49 bits per heavy atom. The van der Waals surface area contributed by atoms with Gasteiger partial charge in [0.1, 0.15) is 30.2 Å². The molecule has 0 fully saturated rings. The summed E-state index contributed by atoms with van der Waals surface area (Å²) in [5.41, 5.74) is 2.38. The fourth-order valence-electron chi connectivity index (χ4n) is 3.89. The third kappa shape index (κ3) is 4.91. The summed E-state index contributed by atoms with van der Waals surface area (Å²) in [5, 5.41) is 6.35. The molecule has 5 rings (SSSR count). The average molecular weight is 472 g/mol. The molecule has 1 aromatic heterocycles. The van der Waals surface area contributed by atoms with Crippen molar-refractivity contribution in [3.8, 4) is 17.2 Å². The number of anilines is 2. The first-order valence-electron chi connectivity index (χ1n) is 11.3. The molecule has 2 N–H and O–H groups in total. The number of hydrogen-bond acceptors (Lipinski definition) is 6. The number of benzene rings is 3. The number of carbonyl (C=O) groups excluding carboxylic acids is 2. The quantitative estimate of drug-likeness (QED) is 0.391. The van der Waals surface area contributed by atoms with Gasteiger partial charge in [-0.2, -0.15) is 0 Å². The standard InChI is InChI=1S/C27H24N2O6/c1-32-19-10-6-17(7-11-19)8-13-24(30)29-25-20-4-2-3-5-21(20)35-26(25)27(31)28-18-9-12-22-23(16-18)34-15-14-33-22/h2-7,9-12,16H,8,13-15H2,1H3,(H,28,31)(H,29,30). The fourth-order valence-corrected chi connectivity index (χ4v) is 3.89. The lowest BCUT2D eigenvalue weighted by Crippen LogP contribution is -2.18. The largest absolute Gasteiger partial charge is 0.497 e. The predicted molar refractivity (Wildman–Crippen MR) is 132 cm³/mol. The molecule has 1 aliphatic rings. The van der Waals surface area contributed by atoms with Crippen molar-refractivity contribution in [2.45, 2.75) is 12.8 Å². The van der Waals surface area contributed by atoms with Crippen LogP contribution in [0, 0.1) is 0 Å². The van der Waals surface area contributed by atoms with E-state index in [9.17, 15) is 9.59 Å². The number of methoxy groups -OCH3 is 1. The van der Waals surface area contributed by atoms with Crippen LogP contribution < -0.4 is 24.8 Å². The van der Waals surface area contributed by atoms with E-state index in [0.717, 1.165) is 11.3 Å². The van der Waals surface area contributed by atoms with Crippen LogP contribution in [0.25, 0.3) is 11.0 Å². The van der Waals surface area contributed by atoms with Crippen LogP contribution in [0.5, 0.6) is 17.2 Å². The van der Waals surface area contributed by atoms with Crippen molar-refractivity contribution in [2.75, 3.05) is 31.0 Å². The molecule has 2 heterocycles. The van der Waals surface area contributed by atoms with Crippen LogP contribution in [0.15, 0.2) is 71.1 Å². The van der Waals surface area contributed by atoms with Crippen molar-refractivity contribution in [2.24, 2.45) is 0 Å². The summed E-state index contributed by atoms with van der Waals surface area (Å²) in [6.45, 7) is 0.930. The Morgan fingerprint density at radius 1 is 0.914 bits per heavy atom. The number of para-hydroxylation sites is 1. The molecule has 0 unspecified atom stereocenters. The maximum absolute atomic E-state index is 13.2. The number of ether oxygens (including phenoxy) is 3. The van der Waals surface area contributed by atoms with Crippen LogP contribution in [0.4, 0.5) is 11.4 Å². The summed E-state index contributed by atoms with van der Waals surface area (Å²) in [5.74, 6) is 1.27. The van der Waals surface area contributed by atoms with Gasteiger partial charge in [-0.3, -0.25) is 9.59 Å². The summed E-state index contributed by atoms with van der Waals surface area (Å²) < 4.78 is 22.1. The highest BCUT2D eigenvalue weighted by Gasteiger charge is 2.23. The number of rotatable bonds is 7. The molecule has 0 saturated heterocycles. The maximum Gasteiger partial charge on any atom is 0.293 e. The Bertz CT molecular complexity index is 1380. The van der Waals surface area contributed by atoms with Gasteiger partial charge >= 0.3 is 0 Å². The van der Waals surface area contributed by atoms with Crippen molar-refractivity contribution < 1.29 is 28.2 Å². The predicted octanol–water partition coefficient (Wildman–Crippen LogP) is 5.04. The number of fused-ring (bicyclic) bond motifs is 2. The van der Waals surface area contributed by atoms with E-state index >= 15 is 0 Å². The number of nitrogens with one attached hydrogen (secondary N) is 2. The third-order valence-electron chi connectivity index (χ3n) is 5.67. The summed E-state index contributed by atoms with van der Waals surface area (Å²) in [6, 6.07) is 19.9. The molecule has 0 radical (unpaired) electrons. The van der Waals surface area contributed by atoms with Crippen LogP contribution >= 0.6 is 0 Å². The number of aryl methyl sites for hydroxylation is 1. The van der Waals surface area contributed by atoms with Crippen LogP contribution in [0.2, 0.25) is 0 Å². The second-order valence-electron chi connectivity index (χ2n) is 8.01. The van der Waals surface area contributed by atoms with E-state index in [1.54, 1.807) is 37.4 Å². The number of amides is 2. The Hall–Kier alpha value is -4.46. The van der Waals surface area contributed by atoms with Gasteiger partial charge in [-0.15, -0.1) is 0 Å². The summed E-state index contributed by atoms with van der Waals surface area (Å²) in [6.07, 6.45) is 0.791. The fraction of sp³-hybridized carbons (Fsp3) is 0.185. The normalized spacial score (nSPS) is 12.3. The van der Waals surface area contributed by atoms with E-state index in [0.29, 0.717) is 53.5 Å². The molecule has 0 saturated carbocycles. The molecule has 2 amide bonds. The second kappa shape index (κ2) is 9.80. The van der Waals surface area contributed by atoms with Gasteiger partial charge in [0.25, 0.3) is 5.91 Å². The smallest absolute Gasteiger partial charge is 0.293 e. The minimum Gasteiger partial charge on any atom is -0.497 e. The lowest BCUT2D eigenvalue weighted by atomic mass is 10.1. The van der Waals surface area contributed by atoms with Crippen molar-refractivity contribution in [1.82, 2.24) is 0 Å². The molecule has 1 aliphatic heterocycles. The van der Waals surface area contributed by atoms with Gasteiger partial charge in [0.2, 0.25) is 11.7 Å². The summed E-state index contributed by atoms with van der Waals surface area (Å²) >= 11 is 0. The van der Waals surface area contributed by atoms with E-state index in [1.165, 1.54) is 0 Å². The van der Waals surface area contributed by atoms with Gasteiger partial charge in [-0.05, 0) is 48.4 Å². The highest BCUT2D eigenvalue weighted by Crippen LogP contribution is 2.34. The monoisotopic (exact) mass is 472 g/mol. The van der Waals surface area contributed by atoms with Crippen LogP contribution in [0.1, 0.15) is 22.5 Å². The molecule has 8 heteroatoms. The number of furan rings is 1. The van der Waals surface area contributed by atoms with Crippen molar-refractivity contribution in [3.05, 3.63) is 78.1 Å². The minimum absolute atomic E-state index is 0.0267. The molecule has 35 heavy (non-hydrogen) atoms. The van der Waals surface area contributed by atoms with E-state index in [1.807, 2.05) is 36.4 Å².